The Kier molecular flexibility index (Phi) is 3.96. The molecule has 2 heterocycles. The number of anilines is 1. The number of amides is 1. The summed E-state index contributed by atoms with van der Waals surface area (Å²) in [4.78, 5) is 13.5. The van der Waals surface area contributed by atoms with Crippen LogP contribution >= 0.6 is 0 Å². The van der Waals surface area contributed by atoms with Crippen molar-refractivity contribution in [3.8, 4) is 0 Å². The van der Waals surface area contributed by atoms with Crippen molar-refractivity contribution >= 4 is 21.6 Å². The summed E-state index contributed by atoms with van der Waals surface area (Å²) in [6.45, 7) is 2.97. The Balaban J connectivity index is 1.95. The standard InChI is InChI=1S/C15H21N3O3S/c1-11(19)18-8-6-12-4-5-14(9-15(12)18)22(20,21)17-7-2-3-13(16)10-17/h4-5,9,13H,2-3,6-8,10,16H2,1H3/t13-/m1/s1. The second-order valence-corrected chi connectivity index (χ2v) is 7.91. The molecule has 0 radical (unpaired) electrons. The maximum atomic E-state index is 12.8. The van der Waals surface area contributed by atoms with Gasteiger partial charge >= 0.3 is 0 Å². The van der Waals surface area contributed by atoms with Gasteiger partial charge in [0.2, 0.25) is 15.9 Å². The molecule has 1 aromatic rings. The van der Waals surface area contributed by atoms with Crippen LogP contribution in [0.2, 0.25) is 0 Å². The molecule has 6 nitrogen and oxygen atoms in total. The van der Waals surface area contributed by atoms with Crippen LogP contribution < -0.4 is 10.6 Å². The zero-order valence-corrected chi connectivity index (χ0v) is 13.5. The largest absolute Gasteiger partial charge is 0.327 e. The normalized spacial score (nSPS) is 22.6. The highest BCUT2D eigenvalue weighted by Crippen LogP contribution is 2.32. The van der Waals surface area contributed by atoms with Crippen molar-refractivity contribution in [2.75, 3.05) is 24.5 Å². The minimum Gasteiger partial charge on any atom is -0.327 e. The molecule has 1 saturated heterocycles. The van der Waals surface area contributed by atoms with Crippen LogP contribution in [0.1, 0.15) is 25.3 Å². The van der Waals surface area contributed by atoms with E-state index in [1.165, 1.54) is 11.2 Å². The van der Waals surface area contributed by atoms with Gasteiger partial charge < -0.3 is 10.6 Å². The lowest BCUT2D eigenvalue weighted by Crippen LogP contribution is -2.45. The summed E-state index contributed by atoms with van der Waals surface area (Å²) in [6.07, 6.45) is 2.41. The summed E-state index contributed by atoms with van der Waals surface area (Å²) < 4.78 is 27.0. The van der Waals surface area contributed by atoms with Crippen LogP contribution in [-0.2, 0) is 21.2 Å². The number of nitrogens with zero attached hydrogens (tertiary/aromatic N) is 2. The zero-order valence-electron chi connectivity index (χ0n) is 12.7. The van der Waals surface area contributed by atoms with E-state index in [4.69, 9.17) is 5.73 Å². The predicted molar refractivity (Wildman–Crippen MR) is 84.1 cm³/mol. The van der Waals surface area contributed by atoms with Gasteiger partial charge in [-0.1, -0.05) is 6.07 Å². The Hall–Kier alpha value is -1.44. The van der Waals surface area contributed by atoms with Gasteiger partial charge in [0.05, 0.1) is 4.90 Å². The summed E-state index contributed by atoms with van der Waals surface area (Å²) in [7, 11) is -3.55. The lowest BCUT2D eigenvalue weighted by atomic mass is 10.1. The molecule has 3 rings (SSSR count). The highest BCUT2D eigenvalue weighted by molar-refractivity contribution is 7.89. The Morgan fingerprint density at radius 3 is 2.77 bits per heavy atom. The molecule has 1 atom stereocenters. The smallest absolute Gasteiger partial charge is 0.243 e. The number of sulfonamides is 1. The number of carbonyl (C=O) groups excluding carboxylic acids is 1. The van der Waals surface area contributed by atoms with Gasteiger partial charge in [-0.15, -0.1) is 0 Å². The zero-order chi connectivity index (χ0) is 15.9. The molecule has 0 aliphatic carbocycles. The Labute approximate surface area is 130 Å². The molecule has 0 aromatic heterocycles. The van der Waals surface area contributed by atoms with Crippen molar-refractivity contribution < 1.29 is 13.2 Å². The summed E-state index contributed by atoms with van der Waals surface area (Å²) in [5.41, 5.74) is 7.63. The molecule has 22 heavy (non-hydrogen) atoms. The number of benzene rings is 1. The summed E-state index contributed by atoms with van der Waals surface area (Å²) in [5.74, 6) is -0.0618. The monoisotopic (exact) mass is 323 g/mol. The third-order valence-electron chi connectivity index (χ3n) is 4.39. The third-order valence-corrected chi connectivity index (χ3v) is 6.25. The second kappa shape index (κ2) is 5.64. The molecule has 120 valence electrons. The van der Waals surface area contributed by atoms with Crippen LogP contribution in [0.3, 0.4) is 0 Å². The molecule has 0 spiro atoms. The van der Waals surface area contributed by atoms with E-state index in [1.54, 1.807) is 17.0 Å². The maximum absolute atomic E-state index is 12.8. The van der Waals surface area contributed by atoms with Gasteiger partial charge in [0.1, 0.15) is 0 Å². The van der Waals surface area contributed by atoms with Crippen LogP contribution in [0.5, 0.6) is 0 Å². The summed E-state index contributed by atoms with van der Waals surface area (Å²) in [5, 5.41) is 0. The molecule has 1 aromatic carbocycles. The van der Waals surface area contributed by atoms with Gasteiger partial charge in [-0.25, -0.2) is 8.42 Å². The molecule has 2 aliphatic heterocycles. The molecule has 0 unspecified atom stereocenters. The lowest BCUT2D eigenvalue weighted by molar-refractivity contribution is -0.116. The first-order chi connectivity index (χ1) is 10.4. The molecular formula is C15H21N3O3S. The number of carbonyl (C=O) groups is 1. The quantitative estimate of drug-likeness (QED) is 0.869. The third kappa shape index (κ3) is 2.64. The number of fused-ring (bicyclic) bond motifs is 1. The molecule has 7 heteroatoms. The van der Waals surface area contributed by atoms with E-state index >= 15 is 0 Å². The predicted octanol–water partition coefficient (Wildman–Crippen LogP) is 0.707. The van der Waals surface area contributed by atoms with E-state index in [2.05, 4.69) is 0 Å². The van der Waals surface area contributed by atoms with Crippen LogP contribution in [0.4, 0.5) is 5.69 Å². The van der Waals surface area contributed by atoms with E-state index in [0.29, 0.717) is 19.6 Å². The van der Waals surface area contributed by atoms with E-state index in [0.717, 1.165) is 30.5 Å². The summed E-state index contributed by atoms with van der Waals surface area (Å²) in [6, 6.07) is 4.97. The number of piperidine rings is 1. The molecule has 1 fully saturated rings. The molecule has 0 bridgehead atoms. The minimum absolute atomic E-state index is 0.0618. The van der Waals surface area contributed by atoms with Crippen molar-refractivity contribution in [2.45, 2.75) is 37.1 Å². The van der Waals surface area contributed by atoms with Gasteiger partial charge in [0.15, 0.2) is 0 Å². The van der Waals surface area contributed by atoms with Crippen LogP contribution in [0.15, 0.2) is 23.1 Å². The molecule has 0 saturated carbocycles. The van der Waals surface area contributed by atoms with Gasteiger partial charge in [-0.3, -0.25) is 4.79 Å². The first-order valence-corrected chi connectivity index (χ1v) is 9.00. The van der Waals surface area contributed by atoms with Gasteiger partial charge in [-0.2, -0.15) is 4.31 Å². The Morgan fingerprint density at radius 1 is 1.32 bits per heavy atom. The van der Waals surface area contributed by atoms with Gasteiger partial charge in [0, 0.05) is 38.3 Å². The Morgan fingerprint density at radius 2 is 2.09 bits per heavy atom. The average Bonchev–Trinajstić information content (AvgIpc) is 2.90. The molecule has 1 amide bonds. The van der Waals surface area contributed by atoms with E-state index < -0.39 is 10.0 Å². The van der Waals surface area contributed by atoms with E-state index in [-0.39, 0.29) is 16.8 Å². The summed E-state index contributed by atoms with van der Waals surface area (Å²) >= 11 is 0. The Bertz CT molecular complexity index is 702. The van der Waals surface area contributed by atoms with Crippen LogP contribution in [0.25, 0.3) is 0 Å². The van der Waals surface area contributed by atoms with Gasteiger partial charge in [0.25, 0.3) is 0 Å². The number of nitrogens with two attached hydrogens (primary N) is 1. The van der Waals surface area contributed by atoms with Crippen LogP contribution in [-0.4, -0.2) is 44.3 Å². The van der Waals surface area contributed by atoms with Crippen molar-refractivity contribution in [2.24, 2.45) is 5.73 Å². The lowest BCUT2D eigenvalue weighted by Gasteiger charge is -2.30. The fourth-order valence-electron chi connectivity index (χ4n) is 3.19. The van der Waals surface area contributed by atoms with Crippen molar-refractivity contribution in [1.29, 1.82) is 0 Å². The second-order valence-electron chi connectivity index (χ2n) is 5.98. The highest BCUT2D eigenvalue weighted by Gasteiger charge is 2.31. The number of rotatable bonds is 2. The van der Waals surface area contributed by atoms with Gasteiger partial charge in [-0.05, 0) is 37.0 Å². The minimum atomic E-state index is -3.55. The maximum Gasteiger partial charge on any atom is 0.243 e. The van der Waals surface area contributed by atoms with Crippen LogP contribution in [0, 0.1) is 0 Å². The first kappa shape index (κ1) is 15.5. The molecule has 2 aliphatic rings. The van der Waals surface area contributed by atoms with Crippen molar-refractivity contribution in [3.05, 3.63) is 23.8 Å². The number of hydrogen-bond acceptors (Lipinski definition) is 4. The fraction of sp³-hybridized carbons (Fsp3) is 0.533. The van der Waals surface area contributed by atoms with E-state index in [1.807, 2.05) is 6.07 Å². The van der Waals surface area contributed by atoms with E-state index in [9.17, 15) is 13.2 Å². The highest BCUT2D eigenvalue weighted by atomic mass is 32.2. The molecular weight excluding hydrogens is 302 g/mol. The topological polar surface area (TPSA) is 83.7 Å². The van der Waals surface area contributed by atoms with Crippen molar-refractivity contribution in [1.82, 2.24) is 4.31 Å². The average molecular weight is 323 g/mol. The number of hydrogen-bond donors (Lipinski definition) is 1. The SMILES string of the molecule is CC(=O)N1CCc2ccc(S(=O)(=O)N3CCC[C@@H](N)C3)cc21. The fourth-order valence-corrected chi connectivity index (χ4v) is 4.74. The molecule has 2 N–H and O–H groups in total. The first-order valence-electron chi connectivity index (χ1n) is 7.56. The van der Waals surface area contributed by atoms with Crippen molar-refractivity contribution in [3.63, 3.8) is 0 Å².